The Labute approximate surface area is 118 Å². The Kier molecular flexibility index (Phi) is 4.80. The Morgan fingerprint density at radius 1 is 1.47 bits per heavy atom. The third-order valence-corrected chi connectivity index (χ3v) is 3.75. The van der Waals surface area contributed by atoms with Crippen molar-refractivity contribution in [3.8, 4) is 0 Å². The molecule has 0 aliphatic carbocycles. The monoisotopic (exact) mass is 282 g/mol. The number of hydrogen-bond donors (Lipinski definition) is 2. The van der Waals surface area contributed by atoms with E-state index in [1.54, 1.807) is 24.3 Å². The summed E-state index contributed by atoms with van der Waals surface area (Å²) in [6.07, 6.45) is 0.590. The van der Waals surface area contributed by atoms with Crippen LogP contribution in [0.25, 0.3) is 0 Å². The first-order valence-electron chi connectivity index (χ1n) is 6.50. The Hall–Kier alpha value is -1.10. The summed E-state index contributed by atoms with van der Waals surface area (Å²) >= 11 is 5.78. The molecule has 1 saturated heterocycles. The van der Waals surface area contributed by atoms with Crippen molar-refractivity contribution in [2.45, 2.75) is 19.4 Å². The van der Waals surface area contributed by atoms with Gasteiger partial charge in [0.05, 0.1) is 12.6 Å². The molecule has 1 amide bonds. The van der Waals surface area contributed by atoms with Crippen LogP contribution < -0.4 is 5.32 Å². The minimum Gasteiger partial charge on any atom is -0.392 e. The molecular formula is C14H19ClN2O2. The third kappa shape index (κ3) is 4.20. The van der Waals surface area contributed by atoms with E-state index in [0.29, 0.717) is 24.0 Å². The number of rotatable bonds is 3. The van der Waals surface area contributed by atoms with Gasteiger partial charge in [0.1, 0.15) is 0 Å². The number of likely N-dealkylation sites (tertiary alicyclic amines) is 1. The fourth-order valence-corrected chi connectivity index (χ4v) is 2.32. The second kappa shape index (κ2) is 6.37. The number of benzene rings is 1. The van der Waals surface area contributed by atoms with Gasteiger partial charge in [0.25, 0.3) is 0 Å². The van der Waals surface area contributed by atoms with Crippen molar-refractivity contribution >= 4 is 23.2 Å². The van der Waals surface area contributed by atoms with Gasteiger partial charge in [0.2, 0.25) is 5.91 Å². The van der Waals surface area contributed by atoms with Crippen LogP contribution in [0.4, 0.5) is 5.69 Å². The highest BCUT2D eigenvalue weighted by atomic mass is 35.5. The van der Waals surface area contributed by atoms with E-state index in [1.165, 1.54) is 0 Å². The van der Waals surface area contributed by atoms with Crippen LogP contribution in [0.1, 0.15) is 13.3 Å². The van der Waals surface area contributed by atoms with Crippen LogP contribution in [0.5, 0.6) is 0 Å². The van der Waals surface area contributed by atoms with Crippen LogP contribution in [0.15, 0.2) is 24.3 Å². The van der Waals surface area contributed by atoms with Gasteiger partial charge in [0.15, 0.2) is 0 Å². The molecule has 0 spiro atoms. The Balaban J connectivity index is 1.83. The van der Waals surface area contributed by atoms with E-state index < -0.39 is 0 Å². The summed E-state index contributed by atoms with van der Waals surface area (Å²) in [6.45, 7) is 3.77. The number of aliphatic hydroxyl groups is 1. The van der Waals surface area contributed by atoms with E-state index in [4.69, 9.17) is 11.6 Å². The third-order valence-electron chi connectivity index (χ3n) is 3.50. The molecular weight excluding hydrogens is 264 g/mol. The maximum Gasteiger partial charge on any atom is 0.238 e. The fourth-order valence-electron chi connectivity index (χ4n) is 2.19. The van der Waals surface area contributed by atoms with Gasteiger partial charge < -0.3 is 10.4 Å². The molecule has 2 unspecified atom stereocenters. The van der Waals surface area contributed by atoms with Crippen LogP contribution in [0.2, 0.25) is 5.02 Å². The van der Waals surface area contributed by atoms with Gasteiger partial charge >= 0.3 is 0 Å². The van der Waals surface area contributed by atoms with Crippen molar-refractivity contribution in [3.05, 3.63) is 29.3 Å². The molecule has 0 radical (unpaired) electrons. The van der Waals surface area contributed by atoms with Gasteiger partial charge in [-0.2, -0.15) is 0 Å². The lowest BCUT2D eigenvalue weighted by molar-refractivity contribution is -0.118. The van der Waals surface area contributed by atoms with Crippen molar-refractivity contribution in [1.82, 2.24) is 4.90 Å². The van der Waals surface area contributed by atoms with Crippen molar-refractivity contribution in [3.63, 3.8) is 0 Å². The highest BCUT2D eigenvalue weighted by Gasteiger charge is 2.25. The van der Waals surface area contributed by atoms with Crippen molar-refractivity contribution < 1.29 is 9.90 Å². The molecule has 1 aliphatic heterocycles. The predicted molar refractivity (Wildman–Crippen MR) is 76.3 cm³/mol. The van der Waals surface area contributed by atoms with Gasteiger partial charge in [-0.1, -0.05) is 18.5 Å². The molecule has 1 fully saturated rings. The van der Waals surface area contributed by atoms with Crippen LogP contribution in [0.3, 0.4) is 0 Å². The molecule has 1 aliphatic rings. The summed E-state index contributed by atoms with van der Waals surface area (Å²) in [5.74, 6) is 0.250. The second-order valence-electron chi connectivity index (χ2n) is 5.12. The minimum atomic E-state index is -0.336. The van der Waals surface area contributed by atoms with Crippen molar-refractivity contribution in [2.75, 3.05) is 25.0 Å². The van der Waals surface area contributed by atoms with E-state index in [0.717, 1.165) is 18.7 Å². The lowest BCUT2D eigenvalue weighted by Gasteiger charge is -2.33. The number of hydrogen-bond acceptors (Lipinski definition) is 3. The van der Waals surface area contributed by atoms with E-state index in [-0.39, 0.29) is 12.0 Å². The highest BCUT2D eigenvalue weighted by molar-refractivity contribution is 6.30. The average molecular weight is 283 g/mol. The normalized spacial score (nSPS) is 24.2. The van der Waals surface area contributed by atoms with E-state index in [1.807, 2.05) is 11.8 Å². The summed E-state index contributed by atoms with van der Waals surface area (Å²) < 4.78 is 0. The van der Waals surface area contributed by atoms with Gasteiger partial charge in [-0.3, -0.25) is 9.69 Å². The molecule has 0 aromatic heterocycles. The molecule has 2 atom stereocenters. The van der Waals surface area contributed by atoms with Crippen molar-refractivity contribution in [1.29, 1.82) is 0 Å². The molecule has 5 heteroatoms. The first-order valence-corrected chi connectivity index (χ1v) is 6.88. The van der Waals surface area contributed by atoms with E-state index >= 15 is 0 Å². The lowest BCUT2D eigenvalue weighted by Crippen LogP contribution is -2.45. The van der Waals surface area contributed by atoms with Crippen LogP contribution in [0, 0.1) is 5.92 Å². The van der Waals surface area contributed by atoms with E-state index in [2.05, 4.69) is 5.32 Å². The topological polar surface area (TPSA) is 52.6 Å². The number of aliphatic hydroxyl groups excluding tert-OH is 1. The molecule has 1 aromatic rings. The summed E-state index contributed by atoms with van der Waals surface area (Å²) in [6, 6.07) is 7.02. The average Bonchev–Trinajstić information content (AvgIpc) is 2.37. The molecule has 1 heterocycles. The first-order chi connectivity index (χ1) is 9.04. The Morgan fingerprint density at radius 3 is 2.79 bits per heavy atom. The van der Waals surface area contributed by atoms with Crippen LogP contribution in [-0.2, 0) is 4.79 Å². The molecule has 2 rings (SSSR count). The Bertz CT molecular complexity index is 436. The zero-order valence-electron chi connectivity index (χ0n) is 11.0. The second-order valence-corrected chi connectivity index (χ2v) is 5.56. The lowest BCUT2D eigenvalue weighted by atomic mass is 9.96. The quantitative estimate of drug-likeness (QED) is 0.891. The predicted octanol–water partition coefficient (Wildman–Crippen LogP) is 1.98. The smallest absolute Gasteiger partial charge is 0.238 e. The largest absolute Gasteiger partial charge is 0.392 e. The summed E-state index contributed by atoms with van der Waals surface area (Å²) in [5.41, 5.74) is 0.736. The molecule has 19 heavy (non-hydrogen) atoms. The SMILES string of the molecule is CC1CCN(CC(=O)Nc2ccc(Cl)cc2)CC1O. The number of carbonyl (C=O) groups is 1. The summed E-state index contributed by atoms with van der Waals surface area (Å²) in [4.78, 5) is 13.9. The number of halogens is 1. The highest BCUT2D eigenvalue weighted by Crippen LogP contribution is 2.17. The molecule has 104 valence electrons. The molecule has 0 saturated carbocycles. The zero-order chi connectivity index (χ0) is 13.8. The maximum atomic E-state index is 11.9. The van der Waals surface area contributed by atoms with Crippen molar-refractivity contribution in [2.24, 2.45) is 5.92 Å². The summed E-state index contributed by atoms with van der Waals surface area (Å²) in [5, 5.41) is 13.3. The van der Waals surface area contributed by atoms with Gasteiger partial charge in [-0.05, 0) is 43.1 Å². The molecule has 2 N–H and O–H groups in total. The van der Waals surface area contributed by atoms with Gasteiger partial charge in [-0.15, -0.1) is 0 Å². The van der Waals surface area contributed by atoms with E-state index in [9.17, 15) is 9.90 Å². The van der Waals surface area contributed by atoms with Gasteiger partial charge in [-0.25, -0.2) is 0 Å². The number of carbonyl (C=O) groups excluding carboxylic acids is 1. The maximum absolute atomic E-state index is 11.9. The minimum absolute atomic E-state index is 0.0657. The number of piperidine rings is 1. The van der Waals surface area contributed by atoms with Crippen LogP contribution >= 0.6 is 11.6 Å². The van der Waals surface area contributed by atoms with Crippen LogP contribution in [-0.4, -0.2) is 41.7 Å². The number of nitrogens with one attached hydrogen (secondary N) is 1. The standard InChI is InChI=1S/C14H19ClN2O2/c1-10-6-7-17(8-13(10)18)9-14(19)16-12-4-2-11(15)3-5-12/h2-5,10,13,18H,6-9H2,1H3,(H,16,19). The number of β-amino-alcohol motifs (C(OH)–C–C–N with tert-alkyl or cyclic N) is 1. The number of nitrogens with zero attached hydrogens (tertiary/aromatic N) is 1. The van der Waals surface area contributed by atoms with Gasteiger partial charge in [0, 0.05) is 17.3 Å². The molecule has 1 aromatic carbocycles. The number of anilines is 1. The summed E-state index contributed by atoms with van der Waals surface area (Å²) in [7, 11) is 0. The Morgan fingerprint density at radius 2 is 2.16 bits per heavy atom. The number of amides is 1. The molecule has 0 bridgehead atoms. The molecule has 4 nitrogen and oxygen atoms in total. The fraction of sp³-hybridized carbons (Fsp3) is 0.500. The first kappa shape index (κ1) is 14.3. The zero-order valence-corrected chi connectivity index (χ0v) is 11.7.